The largest absolute Gasteiger partial charge is 0.424 e. The molecule has 2 rings (SSSR count). The van der Waals surface area contributed by atoms with Crippen molar-refractivity contribution in [1.29, 1.82) is 0 Å². The first kappa shape index (κ1) is 11.1. The molecule has 2 aromatic heterocycles. The lowest BCUT2D eigenvalue weighted by Crippen LogP contribution is -1.93. The molecule has 0 aliphatic carbocycles. The highest BCUT2D eigenvalue weighted by molar-refractivity contribution is 7.98. The maximum Gasteiger partial charge on any atom is 0.226 e. The number of thioether (sulfide) groups is 1. The zero-order valence-electron chi connectivity index (χ0n) is 9.28. The summed E-state index contributed by atoms with van der Waals surface area (Å²) in [7, 11) is 1.79. The molecule has 8 heteroatoms. The summed E-state index contributed by atoms with van der Waals surface area (Å²) in [6.45, 7) is 4.02. The molecule has 0 unspecified atom stereocenters. The highest BCUT2D eigenvalue weighted by Gasteiger charge is 2.11. The Bertz CT molecular complexity index is 465. The Hall–Kier alpha value is -1.44. The van der Waals surface area contributed by atoms with Gasteiger partial charge in [-0.05, 0) is 10.4 Å². The van der Waals surface area contributed by atoms with Crippen LogP contribution in [0.2, 0.25) is 0 Å². The highest BCUT2D eigenvalue weighted by Crippen LogP contribution is 2.20. The van der Waals surface area contributed by atoms with Crippen LogP contribution >= 0.6 is 11.8 Å². The third-order valence-electron chi connectivity index (χ3n) is 1.88. The summed E-state index contributed by atoms with van der Waals surface area (Å²) < 4.78 is 7.06. The number of nitrogens with zero attached hydrogens (tertiary/aromatic N) is 6. The normalized spacial score (nSPS) is 11.2. The van der Waals surface area contributed by atoms with Gasteiger partial charge in [-0.15, -0.1) is 15.3 Å². The van der Waals surface area contributed by atoms with E-state index in [1.165, 1.54) is 11.8 Å². The van der Waals surface area contributed by atoms with Gasteiger partial charge in [0.15, 0.2) is 0 Å². The standard InChI is InChI=1S/C8H12N6OS/c1-5(2)7-10-9-6(15-7)4-16-8-11-12-13-14(8)3/h5H,4H2,1-3H3. The summed E-state index contributed by atoms with van der Waals surface area (Å²) in [6.07, 6.45) is 0. The van der Waals surface area contributed by atoms with Crippen molar-refractivity contribution in [2.24, 2.45) is 7.05 Å². The van der Waals surface area contributed by atoms with E-state index in [1.54, 1.807) is 11.7 Å². The van der Waals surface area contributed by atoms with Crippen LogP contribution < -0.4 is 0 Å². The molecule has 86 valence electrons. The number of hydrogen-bond acceptors (Lipinski definition) is 7. The third-order valence-corrected chi connectivity index (χ3v) is 2.88. The third kappa shape index (κ3) is 2.38. The first-order valence-corrected chi connectivity index (χ1v) is 5.83. The second kappa shape index (κ2) is 4.60. The second-order valence-corrected chi connectivity index (χ2v) is 4.50. The maximum atomic E-state index is 5.46. The van der Waals surface area contributed by atoms with E-state index in [9.17, 15) is 0 Å². The Kier molecular flexibility index (Phi) is 3.18. The zero-order chi connectivity index (χ0) is 11.5. The van der Waals surface area contributed by atoms with Crippen LogP contribution in [0.3, 0.4) is 0 Å². The van der Waals surface area contributed by atoms with Crippen LogP contribution in [0.15, 0.2) is 9.57 Å². The van der Waals surface area contributed by atoms with Gasteiger partial charge in [0, 0.05) is 13.0 Å². The van der Waals surface area contributed by atoms with Crippen molar-refractivity contribution < 1.29 is 4.42 Å². The van der Waals surface area contributed by atoms with Crippen LogP contribution in [-0.2, 0) is 12.8 Å². The maximum absolute atomic E-state index is 5.46. The van der Waals surface area contributed by atoms with Crippen molar-refractivity contribution in [1.82, 2.24) is 30.4 Å². The summed E-state index contributed by atoms with van der Waals surface area (Å²) in [4.78, 5) is 0. The van der Waals surface area contributed by atoms with Gasteiger partial charge in [-0.25, -0.2) is 4.68 Å². The molecule has 7 nitrogen and oxygen atoms in total. The lowest BCUT2D eigenvalue weighted by atomic mass is 10.2. The van der Waals surface area contributed by atoms with Crippen molar-refractivity contribution in [3.63, 3.8) is 0 Å². The van der Waals surface area contributed by atoms with Gasteiger partial charge in [-0.3, -0.25) is 0 Å². The lowest BCUT2D eigenvalue weighted by molar-refractivity contribution is 0.445. The van der Waals surface area contributed by atoms with Gasteiger partial charge < -0.3 is 4.42 Å². The summed E-state index contributed by atoms with van der Waals surface area (Å²) >= 11 is 1.46. The van der Waals surface area contributed by atoms with Gasteiger partial charge >= 0.3 is 0 Å². The minimum Gasteiger partial charge on any atom is -0.424 e. The van der Waals surface area contributed by atoms with Crippen molar-refractivity contribution in [3.05, 3.63) is 11.8 Å². The fraction of sp³-hybridized carbons (Fsp3) is 0.625. The van der Waals surface area contributed by atoms with Crippen LogP contribution in [0.25, 0.3) is 0 Å². The summed E-state index contributed by atoms with van der Waals surface area (Å²) in [5.41, 5.74) is 0. The van der Waals surface area contributed by atoms with E-state index < -0.39 is 0 Å². The fourth-order valence-electron chi connectivity index (χ4n) is 1.03. The van der Waals surface area contributed by atoms with Crippen molar-refractivity contribution >= 4 is 11.8 Å². The zero-order valence-corrected chi connectivity index (χ0v) is 10.1. The van der Waals surface area contributed by atoms with E-state index in [2.05, 4.69) is 25.7 Å². The number of hydrogen-bond donors (Lipinski definition) is 0. The van der Waals surface area contributed by atoms with Crippen molar-refractivity contribution in [3.8, 4) is 0 Å². The van der Waals surface area contributed by atoms with Crippen LogP contribution in [0, 0.1) is 0 Å². The molecule has 0 N–H and O–H groups in total. The summed E-state index contributed by atoms with van der Waals surface area (Å²) in [6, 6.07) is 0. The van der Waals surface area contributed by atoms with Crippen LogP contribution in [0.4, 0.5) is 0 Å². The molecule has 2 heterocycles. The quantitative estimate of drug-likeness (QED) is 0.737. The molecule has 0 aliphatic heterocycles. The van der Waals surface area contributed by atoms with E-state index in [1.807, 2.05) is 13.8 Å². The Morgan fingerprint density at radius 2 is 2.12 bits per heavy atom. The van der Waals surface area contributed by atoms with Gasteiger partial charge in [-0.2, -0.15) is 0 Å². The van der Waals surface area contributed by atoms with Gasteiger partial charge in [0.2, 0.25) is 16.9 Å². The molecule has 0 radical (unpaired) electrons. The molecule has 2 aromatic rings. The average Bonchev–Trinajstić information content (AvgIpc) is 2.83. The number of aryl methyl sites for hydroxylation is 1. The van der Waals surface area contributed by atoms with Gasteiger partial charge in [0.1, 0.15) is 0 Å². The minimum atomic E-state index is 0.253. The average molecular weight is 240 g/mol. The molecule has 0 saturated heterocycles. The predicted molar refractivity (Wildman–Crippen MR) is 56.7 cm³/mol. The van der Waals surface area contributed by atoms with Gasteiger partial charge in [0.05, 0.1) is 5.75 Å². The number of rotatable bonds is 4. The molecule has 0 atom stereocenters. The Morgan fingerprint density at radius 1 is 1.31 bits per heavy atom. The summed E-state index contributed by atoms with van der Waals surface area (Å²) in [5, 5.41) is 19.7. The first-order valence-electron chi connectivity index (χ1n) is 4.84. The molecule has 0 amide bonds. The molecule has 0 aliphatic rings. The molecule has 0 aromatic carbocycles. The minimum absolute atomic E-state index is 0.253. The first-order chi connectivity index (χ1) is 7.66. The Balaban J connectivity index is 1.97. The molecular formula is C8H12N6OS. The Morgan fingerprint density at radius 3 is 2.69 bits per heavy atom. The van der Waals surface area contributed by atoms with E-state index in [0.717, 1.165) is 5.16 Å². The molecule has 0 spiro atoms. The number of aromatic nitrogens is 6. The van der Waals surface area contributed by atoms with Gasteiger partial charge in [0.25, 0.3) is 0 Å². The predicted octanol–water partition coefficient (Wildman–Crippen LogP) is 1.01. The lowest BCUT2D eigenvalue weighted by Gasteiger charge is -1.95. The monoisotopic (exact) mass is 240 g/mol. The van der Waals surface area contributed by atoms with E-state index >= 15 is 0 Å². The van der Waals surface area contributed by atoms with E-state index in [4.69, 9.17) is 4.42 Å². The smallest absolute Gasteiger partial charge is 0.226 e. The SMILES string of the molecule is CC(C)c1nnc(CSc2nnnn2C)o1. The van der Waals surface area contributed by atoms with Crippen LogP contribution in [0.5, 0.6) is 0 Å². The molecule has 0 saturated carbocycles. The van der Waals surface area contributed by atoms with E-state index in [0.29, 0.717) is 17.5 Å². The topological polar surface area (TPSA) is 82.5 Å². The highest BCUT2D eigenvalue weighted by atomic mass is 32.2. The van der Waals surface area contributed by atoms with Crippen LogP contribution in [0.1, 0.15) is 31.5 Å². The van der Waals surface area contributed by atoms with Crippen molar-refractivity contribution in [2.75, 3.05) is 0 Å². The van der Waals surface area contributed by atoms with Crippen molar-refractivity contribution in [2.45, 2.75) is 30.7 Å². The summed E-state index contributed by atoms with van der Waals surface area (Å²) in [5.74, 6) is 2.08. The number of tetrazole rings is 1. The molecule has 0 bridgehead atoms. The van der Waals surface area contributed by atoms with E-state index in [-0.39, 0.29) is 5.92 Å². The van der Waals surface area contributed by atoms with Gasteiger partial charge in [-0.1, -0.05) is 25.6 Å². The second-order valence-electron chi connectivity index (χ2n) is 3.56. The van der Waals surface area contributed by atoms with Crippen LogP contribution in [-0.4, -0.2) is 30.4 Å². The molecule has 16 heavy (non-hydrogen) atoms. The Labute approximate surface area is 96.6 Å². The fourth-order valence-corrected chi connectivity index (χ4v) is 1.71. The molecule has 0 fully saturated rings. The molecular weight excluding hydrogens is 228 g/mol.